The number of halogens is 3. The standard InChI is InChI=1S/C10H10F3N5S3/c1-3-14-7-15-5(10(11,12)13)4-6(16-7)20-9-18-17-8(19-2)21-9/h4H,3H2,1-2H3,(H,14,15,16). The molecule has 0 bridgehead atoms. The van der Waals surface area contributed by atoms with Gasteiger partial charge in [0.1, 0.15) is 5.03 Å². The predicted octanol–water partition coefficient (Wildman–Crippen LogP) is 3.65. The van der Waals surface area contributed by atoms with Crippen LogP contribution in [-0.2, 0) is 6.18 Å². The first kappa shape index (κ1) is 16.3. The maximum absolute atomic E-state index is 12.8. The van der Waals surface area contributed by atoms with Crippen molar-refractivity contribution in [2.24, 2.45) is 0 Å². The lowest BCUT2D eigenvalue weighted by Crippen LogP contribution is -2.12. The predicted molar refractivity (Wildman–Crippen MR) is 77.0 cm³/mol. The minimum Gasteiger partial charge on any atom is -0.354 e. The van der Waals surface area contributed by atoms with Crippen molar-refractivity contribution in [3.63, 3.8) is 0 Å². The molecule has 0 aliphatic rings. The first-order chi connectivity index (χ1) is 9.92. The van der Waals surface area contributed by atoms with E-state index in [4.69, 9.17) is 0 Å². The van der Waals surface area contributed by atoms with Crippen LogP contribution in [0.4, 0.5) is 19.1 Å². The van der Waals surface area contributed by atoms with Gasteiger partial charge in [-0.3, -0.25) is 0 Å². The number of nitrogens with zero attached hydrogens (tertiary/aromatic N) is 4. The van der Waals surface area contributed by atoms with Gasteiger partial charge >= 0.3 is 6.18 Å². The second-order valence-electron chi connectivity index (χ2n) is 3.58. The fourth-order valence-electron chi connectivity index (χ4n) is 1.27. The smallest absolute Gasteiger partial charge is 0.354 e. The Morgan fingerprint density at radius 1 is 1.24 bits per heavy atom. The normalized spacial score (nSPS) is 11.7. The second kappa shape index (κ2) is 6.79. The third-order valence-electron chi connectivity index (χ3n) is 2.08. The second-order valence-corrected chi connectivity index (χ2v) is 6.88. The maximum Gasteiger partial charge on any atom is 0.433 e. The number of nitrogens with one attached hydrogen (secondary N) is 1. The van der Waals surface area contributed by atoms with Crippen LogP contribution >= 0.6 is 34.9 Å². The average molecular weight is 353 g/mol. The summed E-state index contributed by atoms with van der Waals surface area (Å²) in [4.78, 5) is 7.50. The molecule has 0 saturated heterocycles. The zero-order valence-electron chi connectivity index (χ0n) is 10.9. The van der Waals surface area contributed by atoms with Crippen molar-refractivity contribution in [3.05, 3.63) is 11.8 Å². The number of anilines is 1. The summed E-state index contributed by atoms with van der Waals surface area (Å²) in [6, 6.07) is 0.908. The summed E-state index contributed by atoms with van der Waals surface area (Å²) in [5.74, 6) is -0.0515. The van der Waals surface area contributed by atoms with Crippen LogP contribution in [0.3, 0.4) is 0 Å². The molecule has 2 rings (SSSR count). The van der Waals surface area contributed by atoms with E-state index in [1.54, 1.807) is 6.92 Å². The quantitative estimate of drug-likeness (QED) is 0.650. The number of hydrogen-bond donors (Lipinski definition) is 1. The van der Waals surface area contributed by atoms with Crippen LogP contribution in [0.5, 0.6) is 0 Å². The fourth-order valence-corrected chi connectivity index (χ4v) is 3.66. The Hall–Kier alpha value is -1.07. The van der Waals surface area contributed by atoms with E-state index in [1.165, 1.54) is 23.1 Å². The van der Waals surface area contributed by atoms with Crippen molar-refractivity contribution in [2.75, 3.05) is 18.1 Å². The van der Waals surface area contributed by atoms with Gasteiger partial charge in [-0.05, 0) is 24.9 Å². The van der Waals surface area contributed by atoms with Gasteiger partial charge in [0.15, 0.2) is 14.4 Å². The van der Waals surface area contributed by atoms with E-state index < -0.39 is 11.9 Å². The van der Waals surface area contributed by atoms with Gasteiger partial charge in [-0.2, -0.15) is 13.2 Å². The molecule has 2 aromatic heterocycles. The molecule has 5 nitrogen and oxygen atoms in total. The summed E-state index contributed by atoms with van der Waals surface area (Å²) in [6.07, 6.45) is -2.67. The van der Waals surface area contributed by atoms with Crippen LogP contribution in [0.25, 0.3) is 0 Å². The Labute approximate surface area is 131 Å². The van der Waals surface area contributed by atoms with Gasteiger partial charge in [0.05, 0.1) is 0 Å². The van der Waals surface area contributed by atoms with Gasteiger partial charge in [-0.1, -0.05) is 23.1 Å². The zero-order valence-corrected chi connectivity index (χ0v) is 13.4. The van der Waals surface area contributed by atoms with Crippen LogP contribution in [0.1, 0.15) is 12.6 Å². The molecule has 2 aromatic rings. The van der Waals surface area contributed by atoms with Crippen LogP contribution in [-0.4, -0.2) is 33.0 Å². The highest BCUT2D eigenvalue weighted by molar-refractivity contribution is 8.02. The lowest BCUT2D eigenvalue weighted by molar-refractivity contribution is -0.141. The maximum atomic E-state index is 12.8. The average Bonchev–Trinajstić information content (AvgIpc) is 2.85. The van der Waals surface area contributed by atoms with Gasteiger partial charge in [-0.15, -0.1) is 10.2 Å². The summed E-state index contributed by atoms with van der Waals surface area (Å²) >= 11 is 3.76. The van der Waals surface area contributed by atoms with Crippen LogP contribution in [0, 0.1) is 0 Å². The Balaban J connectivity index is 2.30. The zero-order chi connectivity index (χ0) is 15.5. The topological polar surface area (TPSA) is 63.6 Å². The van der Waals surface area contributed by atoms with E-state index in [9.17, 15) is 13.2 Å². The van der Waals surface area contributed by atoms with E-state index in [-0.39, 0.29) is 11.0 Å². The Kier molecular flexibility index (Phi) is 5.27. The van der Waals surface area contributed by atoms with Gasteiger partial charge in [0.25, 0.3) is 0 Å². The molecule has 0 saturated carbocycles. The third-order valence-corrected chi connectivity index (χ3v) is 4.95. The van der Waals surface area contributed by atoms with Crippen LogP contribution in [0.15, 0.2) is 19.8 Å². The number of alkyl halides is 3. The molecular formula is C10H10F3N5S3. The van der Waals surface area contributed by atoms with E-state index in [0.717, 1.165) is 22.2 Å². The van der Waals surface area contributed by atoms with Gasteiger partial charge < -0.3 is 5.32 Å². The van der Waals surface area contributed by atoms with E-state index >= 15 is 0 Å². The van der Waals surface area contributed by atoms with Crippen LogP contribution < -0.4 is 5.32 Å². The fraction of sp³-hybridized carbons (Fsp3) is 0.400. The number of aromatic nitrogens is 4. The largest absolute Gasteiger partial charge is 0.433 e. The SMILES string of the molecule is CCNc1nc(Sc2nnc(SC)s2)cc(C(F)(F)F)n1. The monoisotopic (exact) mass is 353 g/mol. The number of rotatable bonds is 5. The summed E-state index contributed by atoms with van der Waals surface area (Å²) in [5.41, 5.74) is -0.981. The van der Waals surface area contributed by atoms with Crippen molar-refractivity contribution < 1.29 is 13.2 Å². The van der Waals surface area contributed by atoms with E-state index in [1.807, 2.05) is 6.26 Å². The molecule has 0 unspecified atom stereocenters. The molecule has 0 aliphatic carbocycles. The molecule has 0 amide bonds. The van der Waals surface area contributed by atoms with E-state index in [0.29, 0.717) is 10.9 Å². The van der Waals surface area contributed by atoms with Crippen LogP contribution in [0.2, 0.25) is 0 Å². The lowest BCUT2D eigenvalue weighted by atomic mass is 10.4. The molecule has 0 spiro atoms. The summed E-state index contributed by atoms with van der Waals surface area (Å²) in [6.45, 7) is 2.19. The molecule has 21 heavy (non-hydrogen) atoms. The Bertz CT molecular complexity index is 616. The molecule has 11 heteroatoms. The molecule has 0 fully saturated rings. The first-order valence-corrected chi connectivity index (χ1v) is 8.53. The minimum atomic E-state index is -4.52. The molecule has 0 aliphatic heterocycles. The number of hydrogen-bond acceptors (Lipinski definition) is 8. The highest BCUT2D eigenvalue weighted by Crippen LogP contribution is 2.35. The summed E-state index contributed by atoms with van der Waals surface area (Å²) < 4.78 is 39.8. The summed E-state index contributed by atoms with van der Waals surface area (Å²) in [7, 11) is 0. The van der Waals surface area contributed by atoms with Crippen molar-refractivity contribution in [3.8, 4) is 0 Å². The van der Waals surface area contributed by atoms with Gasteiger partial charge in [0, 0.05) is 12.6 Å². The number of thioether (sulfide) groups is 1. The highest BCUT2D eigenvalue weighted by atomic mass is 32.2. The van der Waals surface area contributed by atoms with Gasteiger partial charge in [0.2, 0.25) is 5.95 Å². The molecule has 2 heterocycles. The third kappa shape index (κ3) is 4.45. The first-order valence-electron chi connectivity index (χ1n) is 5.68. The Morgan fingerprint density at radius 2 is 1.95 bits per heavy atom. The van der Waals surface area contributed by atoms with Crippen molar-refractivity contribution in [2.45, 2.75) is 26.8 Å². The molecule has 1 N–H and O–H groups in total. The molecule has 0 aromatic carbocycles. The summed E-state index contributed by atoms with van der Waals surface area (Å²) in [5, 5.41) is 10.7. The molecule has 114 valence electrons. The molecule has 0 radical (unpaired) electrons. The van der Waals surface area contributed by atoms with Gasteiger partial charge in [-0.25, -0.2) is 9.97 Å². The highest BCUT2D eigenvalue weighted by Gasteiger charge is 2.33. The molecule has 0 atom stereocenters. The van der Waals surface area contributed by atoms with Crippen molar-refractivity contribution >= 4 is 40.8 Å². The Morgan fingerprint density at radius 3 is 2.52 bits per heavy atom. The van der Waals surface area contributed by atoms with Crippen molar-refractivity contribution in [1.82, 2.24) is 20.2 Å². The van der Waals surface area contributed by atoms with E-state index in [2.05, 4.69) is 25.5 Å². The minimum absolute atomic E-state index is 0.0515. The lowest BCUT2D eigenvalue weighted by Gasteiger charge is -2.09. The van der Waals surface area contributed by atoms with Crippen molar-refractivity contribution in [1.29, 1.82) is 0 Å². The molecular weight excluding hydrogens is 343 g/mol.